The standard InChI is InChI=1S/C31H42N6O/c1-22(18-28-24(3)33-13-12-27(28)26-9-11-30(32-4)35(7)21-26)20-36-14-16-37(17-15-36)29-10-8-25(19-23(29)2)31(38)34(5)6/h8-13,18-19,32H,14-17,20-21H2,1-7H3/b22-18+. The third-order valence-corrected chi connectivity index (χ3v) is 7.48. The summed E-state index contributed by atoms with van der Waals surface area (Å²) in [5, 5.41) is 3.25. The van der Waals surface area contributed by atoms with E-state index in [-0.39, 0.29) is 5.91 Å². The van der Waals surface area contributed by atoms with Gasteiger partial charge in [0.15, 0.2) is 0 Å². The molecule has 1 aromatic heterocycles. The molecule has 1 amide bonds. The molecule has 2 aliphatic heterocycles. The van der Waals surface area contributed by atoms with E-state index in [1.165, 1.54) is 28.0 Å². The van der Waals surface area contributed by atoms with Crippen molar-refractivity contribution < 1.29 is 4.79 Å². The number of amides is 1. The second-order valence-electron chi connectivity index (χ2n) is 10.7. The number of likely N-dealkylation sites (N-methyl/N-ethyl adjacent to an activating group) is 1. The number of nitrogens with one attached hydrogen (secondary N) is 1. The van der Waals surface area contributed by atoms with Crippen molar-refractivity contribution in [2.45, 2.75) is 20.8 Å². The Morgan fingerprint density at radius 1 is 1.11 bits per heavy atom. The highest BCUT2D eigenvalue weighted by atomic mass is 16.2. The van der Waals surface area contributed by atoms with Crippen LogP contribution in [0.1, 0.15) is 39.7 Å². The molecule has 2 aliphatic rings. The summed E-state index contributed by atoms with van der Waals surface area (Å²) in [6.07, 6.45) is 8.60. The van der Waals surface area contributed by atoms with Gasteiger partial charge in [-0.05, 0) is 67.8 Å². The molecule has 0 bridgehead atoms. The van der Waals surface area contributed by atoms with Gasteiger partial charge < -0.3 is 20.0 Å². The largest absolute Gasteiger partial charge is 0.375 e. The van der Waals surface area contributed by atoms with Crippen LogP contribution in [-0.2, 0) is 0 Å². The first-order valence-electron chi connectivity index (χ1n) is 13.4. The van der Waals surface area contributed by atoms with Gasteiger partial charge in [-0.2, -0.15) is 0 Å². The molecular formula is C31H42N6O. The Morgan fingerprint density at radius 3 is 2.47 bits per heavy atom. The number of aryl methyl sites for hydroxylation is 2. The Hall–Kier alpha value is -3.58. The average molecular weight is 515 g/mol. The Morgan fingerprint density at radius 2 is 1.84 bits per heavy atom. The summed E-state index contributed by atoms with van der Waals surface area (Å²) in [5.74, 6) is 1.17. The van der Waals surface area contributed by atoms with Gasteiger partial charge in [0.2, 0.25) is 0 Å². The summed E-state index contributed by atoms with van der Waals surface area (Å²) >= 11 is 0. The van der Waals surface area contributed by atoms with Gasteiger partial charge in [-0.15, -0.1) is 0 Å². The maximum absolute atomic E-state index is 12.3. The van der Waals surface area contributed by atoms with E-state index < -0.39 is 0 Å². The second-order valence-corrected chi connectivity index (χ2v) is 10.7. The zero-order chi connectivity index (χ0) is 27.4. The lowest BCUT2D eigenvalue weighted by Gasteiger charge is -2.37. The summed E-state index contributed by atoms with van der Waals surface area (Å²) in [5.41, 5.74) is 9.30. The molecule has 7 nitrogen and oxygen atoms in total. The number of carbonyl (C=O) groups is 1. The molecule has 2 aromatic rings. The molecule has 1 N–H and O–H groups in total. The Kier molecular flexibility index (Phi) is 8.57. The van der Waals surface area contributed by atoms with Gasteiger partial charge in [0.25, 0.3) is 5.91 Å². The normalized spacial score (nSPS) is 16.8. The van der Waals surface area contributed by atoms with Crippen molar-refractivity contribution in [1.29, 1.82) is 0 Å². The summed E-state index contributed by atoms with van der Waals surface area (Å²) in [6.45, 7) is 12.2. The van der Waals surface area contributed by atoms with Crippen LogP contribution in [-0.4, -0.2) is 93.1 Å². The average Bonchev–Trinajstić information content (AvgIpc) is 2.89. The number of carbonyl (C=O) groups excluding carboxylic acids is 1. The first-order chi connectivity index (χ1) is 18.2. The monoisotopic (exact) mass is 514 g/mol. The van der Waals surface area contributed by atoms with E-state index in [0.717, 1.165) is 61.9 Å². The van der Waals surface area contributed by atoms with Gasteiger partial charge in [-0.3, -0.25) is 14.7 Å². The fraction of sp³-hybridized carbons (Fsp3) is 0.419. The van der Waals surface area contributed by atoms with E-state index in [1.54, 1.807) is 19.0 Å². The molecule has 3 heterocycles. The number of hydrogen-bond acceptors (Lipinski definition) is 6. The first kappa shape index (κ1) is 27.5. The van der Waals surface area contributed by atoms with Crippen LogP contribution in [0.4, 0.5) is 5.69 Å². The molecule has 4 rings (SSSR count). The van der Waals surface area contributed by atoms with Gasteiger partial charge in [-0.25, -0.2) is 0 Å². The smallest absolute Gasteiger partial charge is 0.253 e. The number of rotatable bonds is 7. The van der Waals surface area contributed by atoms with Gasteiger partial charge in [0.05, 0.1) is 0 Å². The molecular weight excluding hydrogens is 472 g/mol. The fourth-order valence-electron chi connectivity index (χ4n) is 5.38. The van der Waals surface area contributed by atoms with Gasteiger partial charge in [0.1, 0.15) is 5.82 Å². The van der Waals surface area contributed by atoms with Crippen LogP contribution in [0, 0.1) is 13.8 Å². The van der Waals surface area contributed by atoms with E-state index in [2.05, 4.69) is 83.2 Å². The highest BCUT2D eigenvalue weighted by Crippen LogP contribution is 2.28. The second kappa shape index (κ2) is 11.9. The predicted molar refractivity (Wildman–Crippen MR) is 158 cm³/mol. The summed E-state index contributed by atoms with van der Waals surface area (Å²) < 4.78 is 0. The van der Waals surface area contributed by atoms with Crippen molar-refractivity contribution in [3.05, 3.63) is 82.0 Å². The lowest BCUT2D eigenvalue weighted by atomic mass is 9.95. The van der Waals surface area contributed by atoms with Crippen molar-refractivity contribution in [2.24, 2.45) is 0 Å². The first-order valence-corrected chi connectivity index (χ1v) is 13.4. The molecule has 38 heavy (non-hydrogen) atoms. The number of pyridine rings is 1. The zero-order valence-corrected chi connectivity index (χ0v) is 24.0. The molecule has 1 saturated heterocycles. The van der Waals surface area contributed by atoms with Gasteiger partial charge in [0, 0.05) is 96.2 Å². The highest BCUT2D eigenvalue weighted by molar-refractivity contribution is 5.94. The minimum atomic E-state index is 0.0460. The maximum atomic E-state index is 12.3. The lowest BCUT2D eigenvalue weighted by Crippen LogP contribution is -2.47. The van der Waals surface area contributed by atoms with Crippen LogP contribution in [0.5, 0.6) is 0 Å². The number of aromatic nitrogens is 1. The van der Waals surface area contributed by atoms with Crippen molar-refractivity contribution in [3.63, 3.8) is 0 Å². The molecule has 1 aromatic carbocycles. The maximum Gasteiger partial charge on any atom is 0.253 e. The Labute approximate surface area is 228 Å². The van der Waals surface area contributed by atoms with Gasteiger partial charge in [-0.1, -0.05) is 17.7 Å². The van der Waals surface area contributed by atoms with E-state index in [4.69, 9.17) is 0 Å². The van der Waals surface area contributed by atoms with Crippen molar-refractivity contribution in [1.82, 2.24) is 25.0 Å². The van der Waals surface area contributed by atoms with Crippen molar-refractivity contribution in [2.75, 3.05) is 72.4 Å². The van der Waals surface area contributed by atoms with Crippen LogP contribution in [0.15, 0.2) is 54.0 Å². The highest BCUT2D eigenvalue weighted by Gasteiger charge is 2.20. The van der Waals surface area contributed by atoms with Crippen molar-refractivity contribution >= 4 is 23.2 Å². The predicted octanol–water partition coefficient (Wildman–Crippen LogP) is 4.02. The summed E-state index contributed by atoms with van der Waals surface area (Å²) in [6, 6.07) is 8.21. The zero-order valence-electron chi connectivity index (χ0n) is 24.0. The topological polar surface area (TPSA) is 55.0 Å². The Balaban J connectivity index is 1.43. The van der Waals surface area contributed by atoms with Crippen molar-refractivity contribution in [3.8, 4) is 0 Å². The SMILES string of the molecule is CNC1=CC=C(c2ccnc(C)c2/C=C(\C)CN2CCN(c3ccc(C(=O)N(C)C)cc3C)CC2)CN1C. The molecule has 1 fully saturated rings. The van der Waals surface area contributed by atoms with Gasteiger partial charge >= 0.3 is 0 Å². The molecule has 0 aliphatic carbocycles. The van der Waals surface area contributed by atoms with E-state index in [0.29, 0.717) is 0 Å². The number of allylic oxidation sites excluding steroid dienone is 2. The summed E-state index contributed by atoms with van der Waals surface area (Å²) in [7, 11) is 7.66. The quantitative estimate of drug-likeness (QED) is 0.603. The molecule has 7 heteroatoms. The van der Waals surface area contributed by atoms with Crippen LogP contribution in [0.25, 0.3) is 11.6 Å². The lowest BCUT2D eigenvalue weighted by molar-refractivity contribution is 0.0827. The molecule has 0 unspecified atom stereocenters. The van der Waals surface area contributed by atoms with E-state index in [9.17, 15) is 4.79 Å². The summed E-state index contributed by atoms with van der Waals surface area (Å²) in [4.78, 5) is 25.8. The van der Waals surface area contributed by atoms with Crippen LogP contribution in [0.2, 0.25) is 0 Å². The van der Waals surface area contributed by atoms with Crippen LogP contribution >= 0.6 is 0 Å². The fourth-order valence-corrected chi connectivity index (χ4v) is 5.38. The molecule has 0 saturated carbocycles. The third kappa shape index (κ3) is 6.10. The number of piperazine rings is 1. The number of nitrogens with zero attached hydrogens (tertiary/aromatic N) is 5. The minimum Gasteiger partial charge on any atom is -0.375 e. The molecule has 0 atom stereocenters. The molecule has 0 spiro atoms. The minimum absolute atomic E-state index is 0.0460. The molecule has 202 valence electrons. The van der Waals surface area contributed by atoms with E-state index in [1.807, 2.05) is 25.4 Å². The van der Waals surface area contributed by atoms with Crippen LogP contribution < -0.4 is 10.2 Å². The number of hydrogen-bond donors (Lipinski definition) is 1. The number of anilines is 1. The van der Waals surface area contributed by atoms with Crippen LogP contribution in [0.3, 0.4) is 0 Å². The Bertz CT molecular complexity index is 1270. The number of benzene rings is 1. The molecule has 0 radical (unpaired) electrons. The third-order valence-electron chi connectivity index (χ3n) is 7.48. The van der Waals surface area contributed by atoms with E-state index >= 15 is 0 Å².